The Kier molecular flexibility index (Phi) is 4.90. The predicted octanol–water partition coefficient (Wildman–Crippen LogP) is 2.00. The van der Waals surface area contributed by atoms with Crippen molar-refractivity contribution >= 4 is 11.9 Å². The fraction of sp³-hybridized carbons (Fsp3) is 0.474. The van der Waals surface area contributed by atoms with Gasteiger partial charge in [0.1, 0.15) is 11.2 Å². The number of aliphatic hydroxyl groups is 1. The number of hydrogen-bond acceptors (Lipinski definition) is 3. The third kappa shape index (κ3) is 3.44. The fourth-order valence-corrected chi connectivity index (χ4v) is 3.77. The summed E-state index contributed by atoms with van der Waals surface area (Å²) in [7, 11) is 0. The van der Waals surface area contributed by atoms with Gasteiger partial charge in [-0.3, -0.25) is 9.59 Å². The summed E-state index contributed by atoms with van der Waals surface area (Å²) in [5, 5.41) is 20.3. The van der Waals surface area contributed by atoms with Crippen molar-refractivity contribution < 1.29 is 24.2 Å². The standard InChI is InChI=1S/C19H22FNO4/c20-15-7-5-13(6-8-15)11-19(18(24)25)12-21(10-9-16(19)22)17(23)14-3-1-2-4-14/h1-2,5-8,14,16,22H,3-4,9-12H2,(H,24,25)/t16-,19+/m0/s1. The summed E-state index contributed by atoms with van der Waals surface area (Å²) in [6, 6.07) is 5.59. The Bertz CT molecular complexity index is 679. The summed E-state index contributed by atoms with van der Waals surface area (Å²) in [4.78, 5) is 26.3. The molecule has 1 aliphatic carbocycles. The maximum atomic E-state index is 13.1. The second-order valence-corrected chi connectivity index (χ2v) is 6.97. The molecule has 0 radical (unpaired) electrons. The number of piperidine rings is 1. The normalized spacial score (nSPS) is 26.8. The van der Waals surface area contributed by atoms with Gasteiger partial charge >= 0.3 is 5.97 Å². The Morgan fingerprint density at radius 2 is 1.84 bits per heavy atom. The summed E-state index contributed by atoms with van der Waals surface area (Å²) in [6.07, 6.45) is 4.50. The van der Waals surface area contributed by atoms with E-state index in [0.29, 0.717) is 24.9 Å². The van der Waals surface area contributed by atoms with Crippen molar-refractivity contribution in [3.8, 4) is 0 Å². The van der Waals surface area contributed by atoms with E-state index in [1.54, 1.807) is 4.90 Å². The molecule has 1 aliphatic heterocycles. The SMILES string of the molecule is O=C(C1CC=CC1)N1CC[C@H](O)[C@](Cc2ccc(F)cc2)(C(=O)O)C1. The topological polar surface area (TPSA) is 77.8 Å². The molecule has 134 valence electrons. The molecule has 2 N–H and O–H groups in total. The molecular weight excluding hydrogens is 325 g/mol. The molecule has 0 bridgehead atoms. The Balaban J connectivity index is 1.83. The highest BCUT2D eigenvalue weighted by atomic mass is 19.1. The van der Waals surface area contributed by atoms with Crippen molar-refractivity contribution in [1.82, 2.24) is 4.90 Å². The first-order valence-electron chi connectivity index (χ1n) is 8.52. The molecule has 0 aromatic heterocycles. The first-order valence-corrected chi connectivity index (χ1v) is 8.52. The molecule has 25 heavy (non-hydrogen) atoms. The van der Waals surface area contributed by atoms with E-state index in [9.17, 15) is 24.2 Å². The Morgan fingerprint density at radius 3 is 2.44 bits per heavy atom. The lowest BCUT2D eigenvalue weighted by Gasteiger charge is -2.44. The van der Waals surface area contributed by atoms with E-state index in [1.807, 2.05) is 12.2 Å². The predicted molar refractivity (Wildman–Crippen MR) is 89.2 cm³/mol. The van der Waals surface area contributed by atoms with Gasteiger partial charge in [-0.15, -0.1) is 0 Å². The second kappa shape index (κ2) is 6.96. The third-order valence-electron chi connectivity index (χ3n) is 5.31. The van der Waals surface area contributed by atoms with Crippen LogP contribution >= 0.6 is 0 Å². The highest BCUT2D eigenvalue weighted by Crippen LogP contribution is 2.36. The summed E-state index contributed by atoms with van der Waals surface area (Å²) in [5.41, 5.74) is -0.850. The Labute approximate surface area is 145 Å². The van der Waals surface area contributed by atoms with Crippen molar-refractivity contribution in [3.05, 3.63) is 47.8 Å². The summed E-state index contributed by atoms with van der Waals surface area (Å²) in [5.74, 6) is -1.72. The van der Waals surface area contributed by atoms with Gasteiger partial charge < -0.3 is 15.1 Å². The minimum atomic E-state index is -1.47. The van der Waals surface area contributed by atoms with Crippen molar-refractivity contribution in [3.63, 3.8) is 0 Å². The molecule has 0 saturated carbocycles. The molecule has 2 atom stereocenters. The number of allylic oxidation sites excluding steroid dienone is 2. The number of likely N-dealkylation sites (tertiary alicyclic amines) is 1. The van der Waals surface area contributed by atoms with Crippen LogP contribution in [-0.4, -0.2) is 46.2 Å². The number of aliphatic carboxylic acids is 1. The molecule has 1 amide bonds. The highest BCUT2D eigenvalue weighted by Gasteiger charge is 2.50. The summed E-state index contributed by atoms with van der Waals surface area (Å²) < 4.78 is 13.1. The van der Waals surface area contributed by atoms with Gasteiger partial charge in [0, 0.05) is 19.0 Å². The van der Waals surface area contributed by atoms with E-state index in [-0.39, 0.29) is 31.2 Å². The number of carbonyl (C=O) groups excluding carboxylic acids is 1. The van der Waals surface area contributed by atoms with Gasteiger partial charge in [-0.05, 0) is 43.4 Å². The molecule has 1 fully saturated rings. The molecule has 3 rings (SSSR count). The lowest BCUT2D eigenvalue weighted by Crippen LogP contribution is -2.59. The number of carboxylic acid groups (broad SMARTS) is 1. The molecule has 0 unspecified atom stereocenters. The van der Waals surface area contributed by atoms with Crippen LogP contribution in [0.5, 0.6) is 0 Å². The van der Waals surface area contributed by atoms with Crippen LogP contribution in [0.3, 0.4) is 0 Å². The van der Waals surface area contributed by atoms with Crippen LogP contribution < -0.4 is 0 Å². The summed E-state index contributed by atoms with van der Waals surface area (Å²) >= 11 is 0. The van der Waals surface area contributed by atoms with E-state index in [4.69, 9.17) is 0 Å². The Morgan fingerprint density at radius 1 is 1.20 bits per heavy atom. The smallest absolute Gasteiger partial charge is 0.314 e. The van der Waals surface area contributed by atoms with Gasteiger partial charge in [0.05, 0.1) is 6.10 Å². The monoisotopic (exact) mass is 347 g/mol. The number of halogens is 1. The molecule has 1 aromatic rings. The summed E-state index contributed by atoms with van der Waals surface area (Å²) in [6.45, 7) is 0.325. The van der Waals surface area contributed by atoms with Crippen molar-refractivity contribution in [2.24, 2.45) is 11.3 Å². The van der Waals surface area contributed by atoms with Gasteiger partial charge in [-0.1, -0.05) is 24.3 Å². The molecule has 6 heteroatoms. The maximum absolute atomic E-state index is 13.1. The number of benzene rings is 1. The first-order chi connectivity index (χ1) is 11.9. The van der Waals surface area contributed by atoms with Gasteiger partial charge in [-0.25, -0.2) is 4.39 Å². The maximum Gasteiger partial charge on any atom is 0.314 e. The molecular formula is C19H22FNO4. The van der Waals surface area contributed by atoms with E-state index in [1.165, 1.54) is 24.3 Å². The Hall–Kier alpha value is -2.21. The minimum absolute atomic E-state index is 0.0315. The van der Waals surface area contributed by atoms with Crippen LogP contribution in [-0.2, 0) is 16.0 Å². The van der Waals surface area contributed by atoms with E-state index in [0.717, 1.165) is 0 Å². The average Bonchev–Trinajstić information content (AvgIpc) is 3.12. The average molecular weight is 347 g/mol. The number of amides is 1. The van der Waals surface area contributed by atoms with Crippen molar-refractivity contribution in [1.29, 1.82) is 0 Å². The fourth-order valence-electron chi connectivity index (χ4n) is 3.77. The number of carbonyl (C=O) groups is 2. The highest BCUT2D eigenvalue weighted by molar-refractivity contribution is 5.82. The lowest BCUT2D eigenvalue weighted by molar-refractivity contribution is -0.166. The van der Waals surface area contributed by atoms with E-state index in [2.05, 4.69) is 0 Å². The van der Waals surface area contributed by atoms with Gasteiger partial charge in [0.15, 0.2) is 0 Å². The van der Waals surface area contributed by atoms with Crippen LogP contribution in [0, 0.1) is 17.2 Å². The molecule has 1 saturated heterocycles. The zero-order chi connectivity index (χ0) is 18.0. The third-order valence-corrected chi connectivity index (χ3v) is 5.31. The van der Waals surface area contributed by atoms with Gasteiger partial charge in [0.2, 0.25) is 5.91 Å². The van der Waals surface area contributed by atoms with Crippen LogP contribution in [0.25, 0.3) is 0 Å². The van der Waals surface area contributed by atoms with Gasteiger partial charge in [-0.2, -0.15) is 0 Å². The van der Waals surface area contributed by atoms with Crippen LogP contribution in [0.4, 0.5) is 4.39 Å². The molecule has 0 spiro atoms. The first kappa shape index (κ1) is 17.6. The zero-order valence-corrected chi connectivity index (χ0v) is 13.9. The second-order valence-electron chi connectivity index (χ2n) is 6.97. The zero-order valence-electron chi connectivity index (χ0n) is 13.9. The number of carboxylic acids is 1. The number of aliphatic hydroxyl groups excluding tert-OH is 1. The van der Waals surface area contributed by atoms with Crippen molar-refractivity contribution in [2.45, 2.75) is 31.8 Å². The molecule has 5 nitrogen and oxygen atoms in total. The van der Waals surface area contributed by atoms with E-state index < -0.39 is 23.3 Å². The lowest BCUT2D eigenvalue weighted by atomic mass is 9.72. The largest absolute Gasteiger partial charge is 0.481 e. The van der Waals surface area contributed by atoms with E-state index >= 15 is 0 Å². The van der Waals surface area contributed by atoms with Crippen LogP contribution in [0.2, 0.25) is 0 Å². The number of hydrogen-bond donors (Lipinski definition) is 2. The quantitative estimate of drug-likeness (QED) is 0.817. The molecule has 2 aliphatic rings. The van der Waals surface area contributed by atoms with Gasteiger partial charge in [0.25, 0.3) is 0 Å². The minimum Gasteiger partial charge on any atom is -0.481 e. The van der Waals surface area contributed by atoms with Crippen LogP contribution in [0.15, 0.2) is 36.4 Å². The number of rotatable bonds is 4. The number of nitrogens with zero attached hydrogens (tertiary/aromatic N) is 1. The van der Waals surface area contributed by atoms with Crippen molar-refractivity contribution in [2.75, 3.05) is 13.1 Å². The molecule has 1 heterocycles. The molecule has 1 aromatic carbocycles. The van der Waals surface area contributed by atoms with Crippen LogP contribution in [0.1, 0.15) is 24.8 Å².